The summed E-state index contributed by atoms with van der Waals surface area (Å²) >= 11 is 0. The molecule has 5 nitrogen and oxygen atoms in total. The van der Waals surface area contributed by atoms with Gasteiger partial charge in [-0.25, -0.2) is 0 Å². The van der Waals surface area contributed by atoms with Gasteiger partial charge in [-0.3, -0.25) is 4.18 Å². The van der Waals surface area contributed by atoms with E-state index in [2.05, 4.69) is 36.4 Å². The van der Waals surface area contributed by atoms with Crippen LogP contribution in [0.3, 0.4) is 0 Å². The summed E-state index contributed by atoms with van der Waals surface area (Å²) in [7, 11) is -3.80. The van der Waals surface area contributed by atoms with Gasteiger partial charge in [-0.05, 0) is 28.8 Å². The summed E-state index contributed by atoms with van der Waals surface area (Å²) in [6.45, 7) is 0.635. The van der Waals surface area contributed by atoms with Crippen LogP contribution in [0.15, 0.2) is 126 Å². The fourth-order valence-corrected chi connectivity index (χ4v) is 4.90. The summed E-state index contributed by atoms with van der Waals surface area (Å²) < 4.78 is 41.8. The Balaban J connectivity index is 1.43. The molecule has 6 heteroatoms. The van der Waals surface area contributed by atoms with Gasteiger partial charge in [-0.2, -0.15) is 8.42 Å². The molecular formula is C29H28O5S. The highest BCUT2D eigenvalue weighted by Crippen LogP contribution is 2.40. The molecule has 0 fully saturated rings. The van der Waals surface area contributed by atoms with Gasteiger partial charge in [-0.15, -0.1) is 0 Å². The zero-order valence-corrected chi connectivity index (χ0v) is 20.1. The lowest BCUT2D eigenvalue weighted by Crippen LogP contribution is -2.34. The number of hydrogen-bond acceptors (Lipinski definition) is 5. The van der Waals surface area contributed by atoms with Crippen molar-refractivity contribution in [1.82, 2.24) is 0 Å². The van der Waals surface area contributed by atoms with Crippen LogP contribution in [0.1, 0.15) is 16.7 Å². The van der Waals surface area contributed by atoms with E-state index < -0.39 is 15.7 Å². The van der Waals surface area contributed by atoms with Crippen LogP contribution >= 0.6 is 0 Å². The molecule has 0 unspecified atom stereocenters. The smallest absolute Gasteiger partial charge is 0.297 e. The van der Waals surface area contributed by atoms with E-state index in [0.717, 1.165) is 16.7 Å². The average Bonchev–Trinajstić information content (AvgIpc) is 2.92. The van der Waals surface area contributed by atoms with E-state index in [0.29, 0.717) is 6.61 Å². The first kappa shape index (κ1) is 24.8. The fourth-order valence-electron chi connectivity index (χ4n) is 3.98. The Hall–Kier alpha value is -3.29. The van der Waals surface area contributed by atoms with Crippen molar-refractivity contribution in [2.75, 3.05) is 26.4 Å². The van der Waals surface area contributed by atoms with E-state index in [1.165, 1.54) is 12.1 Å². The SMILES string of the molecule is O=S(=O)(OCCOCCOC(c1ccccc1)(c1ccccc1)c1ccccc1)c1ccccc1. The molecule has 0 bridgehead atoms. The monoisotopic (exact) mass is 488 g/mol. The third kappa shape index (κ3) is 6.05. The Morgan fingerprint density at radius 2 is 0.914 bits per heavy atom. The largest absolute Gasteiger partial charge is 0.377 e. The Morgan fingerprint density at radius 3 is 1.37 bits per heavy atom. The summed E-state index contributed by atoms with van der Waals surface area (Å²) in [4.78, 5) is 0.127. The zero-order valence-electron chi connectivity index (χ0n) is 19.3. The van der Waals surface area contributed by atoms with Crippen molar-refractivity contribution in [1.29, 1.82) is 0 Å². The first-order chi connectivity index (χ1) is 17.1. The van der Waals surface area contributed by atoms with Crippen LogP contribution < -0.4 is 0 Å². The molecule has 0 heterocycles. The predicted octanol–water partition coefficient (Wildman–Crippen LogP) is 5.42. The van der Waals surface area contributed by atoms with E-state index in [9.17, 15) is 8.42 Å². The molecule has 0 saturated carbocycles. The minimum absolute atomic E-state index is 0.0710. The second-order valence-electron chi connectivity index (χ2n) is 7.83. The molecule has 0 N–H and O–H groups in total. The van der Waals surface area contributed by atoms with Gasteiger partial charge in [0.1, 0.15) is 5.60 Å². The van der Waals surface area contributed by atoms with Crippen molar-refractivity contribution in [3.8, 4) is 0 Å². The summed E-state index contributed by atoms with van der Waals surface area (Å²) in [5.74, 6) is 0. The molecule has 180 valence electrons. The van der Waals surface area contributed by atoms with Gasteiger partial charge in [0.25, 0.3) is 10.1 Å². The van der Waals surface area contributed by atoms with Gasteiger partial charge in [0, 0.05) is 0 Å². The number of hydrogen-bond donors (Lipinski definition) is 0. The molecule has 4 aromatic carbocycles. The van der Waals surface area contributed by atoms with Crippen LogP contribution in [-0.2, 0) is 29.4 Å². The molecule has 35 heavy (non-hydrogen) atoms. The maximum atomic E-state index is 12.2. The number of benzene rings is 4. The molecule has 4 rings (SSSR count). The fraction of sp³-hybridized carbons (Fsp3) is 0.172. The molecule has 0 aliphatic carbocycles. The summed E-state index contributed by atoms with van der Waals surface area (Å²) in [6.07, 6.45) is 0. The minimum atomic E-state index is -3.80. The van der Waals surface area contributed by atoms with Crippen molar-refractivity contribution in [3.63, 3.8) is 0 Å². The molecular weight excluding hydrogens is 460 g/mol. The quantitative estimate of drug-likeness (QED) is 0.151. The lowest BCUT2D eigenvalue weighted by molar-refractivity contribution is -0.0269. The Bertz CT molecular complexity index is 1170. The highest BCUT2D eigenvalue weighted by molar-refractivity contribution is 7.86. The van der Waals surface area contributed by atoms with E-state index in [1.807, 2.05) is 54.6 Å². The first-order valence-corrected chi connectivity index (χ1v) is 12.9. The van der Waals surface area contributed by atoms with E-state index in [-0.39, 0.29) is 24.7 Å². The number of ether oxygens (including phenoxy) is 2. The van der Waals surface area contributed by atoms with Crippen LogP contribution in [0.25, 0.3) is 0 Å². The van der Waals surface area contributed by atoms with E-state index in [1.54, 1.807) is 18.2 Å². The number of rotatable bonds is 12. The third-order valence-corrected chi connectivity index (χ3v) is 6.91. The van der Waals surface area contributed by atoms with Crippen molar-refractivity contribution >= 4 is 10.1 Å². The highest BCUT2D eigenvalue weighted by atomic mass is 32.2. The molecule has 0 spiro atoms. The predicted molar refractivity (Wildman–Crippen MR) is 136 cm³/mol. The van der Waals surface area contributed by atoms with Gasteiger partial charge in [0.2, 0.25) is 0 Å². The lowest BCUT2D eigenvalue weighted by atomic mass is 9.80. The molecule has 4 aromatic rings. The van der Waals surface area contributed by atoms with Crippen molar-refractivity contribution in [3.05, 3.63) is 138 Å². The highest BCUT2D eigenvalue weighted by Gasteiger charge is 2.37. The van der Waals surface area contributed by atoms with E-state index >= 15 is 0 Å². The second-order valence-corrected chi connectivity index (χ2v) is 9.44. The first-order valence-electron chi connectivity index (χ1n) is 11.5. The van der Waals surface area contributed by atoms with Gasteiger partial charge in [0.05, 0.1) is 31.3 Å². The molecule has 0 saturated heterocycles. The topological polar surface area (TPSA) is 61.8 Å². The average molecular weight is 489 g/mol. The van der Waals surface area contributed by atoms with Crippen LogP contribution in [0, 0.1) is 0 Å². The molecule has 0 aliphatic heterocycles. The maximum absolute atomic E-state index is 12.2. The van der Waals surface area contributed by atoms with Crippen LogP contribution in [0.5, 0.6) is 0 Å². The van der Waals surface area contributed by atoms with Crippen LogP contribution in [-0.4, -0.2) is 34.8 Å². The Morgan fingerprint density at radius 1 is 0.514 bits per heavy atom. The molecule has 0 radical (unpaired) electrons. The lowest BCUT2D eigenvalue weighted by Gasteiger charge is -2.36. The maximum Gasteiger partial charge on any atom is 0.297 e. The van der Waals surface area contributed by atoms with Gasteiger partial charge in [-0.1, -0.05) is 109 Å². The van der Waals surface area contributed by atoms with Gasteiger partial charge in [0.15, 0.2) is 0 Å². The molecule has 0 atom stereocenters. The summed E-state index contributed by atoms with van der Waals surface area (Å²) in [6, 6.07) is 38.4. The second kappa shape index (κ2) is 11.9. The van der Waals surface area contributed by atoms with Crippen molar-refractivity contribution < 1.29 is 22.1 Å². The molecule has 0 amide bonds. The van der Waals surface area contributed by atoms with Crippen LogP contribution in [0.2, 0.25) is 0 Å². The summed E-state index contributed by atoms with van der Waals surface area (Å²) in [5, 5.41) is 0. The van der Waals surface area contributed by atoms with Crippen molar-refractivity contribution in [2.24, 2.45) is 0 Å². The minimum Gasteiger partial charge on any atom is -0.377 e. The molecule has 0 aromatic heterocycles. The normalized spacial score (nSPS) is 11.9. The molecule has 0 aliphatic rings. The van der Waals surface area contributed by atoms with Gasteiger partial charge >= 0.3 is 0 Å². The standard InChI is InChI=1S/C29H28O5S/c30-35(31,28-19-11-4-12-20-28)34-24-22-32-21-23-33-29(25-13-5-1-6-14-25,26-15-7-2-8-16-26)27-17-9-3-10-18-27/h1-20H,21-24H2. The van der Waals surface area contributed by atoms with Crippen molar-refractivity contribution in [2.45, 2.75) is 10.5 Å². The Labute approximate surface area is 207 Å². The zero-order chi connectivity index (χ0) is 24.4. The van der Waals surface area contributed by atoms with E-state index in [4.69, 9.17) is 13.7 Å². The third-order valence-electron chi connectivity index (χ3n) is 5.59. The summed E-state index contributed by atoms with van der Waals surface area (Å²) in [5.41, 5.74) is 2.21. The Kier molecular flexibility index (Phi) is 8.45. The van der Waals surface area contributed by atoms with Crippen LogP contribution in [0.4, 0.5) is 0 Å². The van der Waals surface area contributed by atoms with Gasteiger partial charge < -0.3 is 9.47 Å².